The molecule has 0 radical (unpaired) electrons. The van der Waals surface area contributed by atoms with Crippen molar-refractivity contribution in [3.63, 3.8) is 0 Å². The molecule has 12 nitrogen and oxygen atoms in total. The Labute approximate surface area is 369 Å². The fraction of sp³-hybridized carbons (Fsp3) is 0.326. The number of amides is 3. The van der Waals surface area contributed by atoms with Crippen LogP contribution >= 0.6 is 34.8 Å². The number of H-pyrrole nitrogens is 1. The van der Waals surface area contributed by atoms with Gasteiger partial charge in [0, 0.05) is 75.5 Å². The number of nitrogens with one attached hydrogen (secondary N) is 2. The number of halogens is 3. The summed E-state index contributed by atoms with van der Waals surface area (Å²) in [5.74, 6) is 0.180. The molecule has 3 aromatic carbocycles. The van der Waals surface area contributed by atoms with Crippen LogP contribution in [-0.4, -0.2) is 91.6 Å². The van der Waals surface area contributed by atoms with E-state index in [0.717, 1.165) is 16.5 Å². The molecule has 2 aliphatic heterocycles. The first-order chi connectivity index (χ1) is 29.3. The summed E-state index contributed by atoms with van der Waals surface area (Å²) in [5.41, 5.74) is 4.67. The van der Waals surface area contributed by atoms with Gasteiger partial charge in [0.2, 0.25) is 5.91 Å². The molecule has 2 N–H and O–H groups in total. The van der Waals surface area contributed by atoms with Crippen LogP contribution in [0.5, 0.6) is 0 Å². The standard InChI is InChI=1S/C46H47Cl3N8O4/c1-28(33-15-13-30(47)24-35(33)49)57-27-51-40(29-10-6-5-7-11-29)42(57)39-34-16-14-31(48)25-37(34)52-41(39)44(59)53-36-12-8-19-50-43(36)54-22-17-32(18-23-54)56-21-9-20-55(26-38(56)58)45(60)61-46(2,3)4/h5-8,10-16,19,24-25,27-28,32,52H,9,17-18,20-23,26H2,1-4H3,(H,53,59). The third-order valence-electron chi connectivity index (χ3n) is 11.3. The minimum absolute atomic E-state index is 0.00505. The number of imidazole rings is 1. The predicted molar refractivity (Wildman–Crippen MR) is 242 cm³/mol. The molecule has 1 atom stereocenters. The monoisotopic (exact) mass is 880 g/mol. The highest BCUT2D eigenvalue weighted by molar-refractivity contribution is 6.35. The second kappa shape index (κ2) is 17.4. The number of piperidine rings is 1. The average molecular weight is 882 g/mol. The zero-order chi connectivity index (χ0) is 43.0. The number of fused-ring (bicyclic) bond motifs is 1. The van der Waals surface area contributed by atoms with Crippen LogP contribution in [0.15, 0.2) is 91.4 Å². The molecule has 8 rings (SSSR count). The quantitative estimate of drug-likeness (QED) is 0.156. The number of hydrogen-bond acceptors (Lipinski definition) is 7. The van der Waals surface area contributed by atoms with Gasteiger partial charge in [-0.25, -0.2) is 14.8 Å². The minimum atomic E-state index is -0.642. The fourth-order valence-corrected chi connectivity index (χ4v) is 9.10. The molecule has 0 aliphatic carbocycles. The maximum Gasteiger partial charge on any atom is 0.410 e. The van der Waals surface area contributed by atoms with Gasteiger partial charge in [-0.2, -0.15) is 0 Å². The van der Waals surface area contributed by atoms with Gasteiger partial charge in [0.15, 0.2) is 5.82 Å². The number of aromatic amines is 1. The molecule has 3 aromatic heterocycles. The molecular formula is C46H47Cl3N8O4. The first-order valence-electron chi connectivity index (χ1n) is 20.4. The molecule has 316 valence electrons. The van der Waals surface area contributed by atoms with Gasteiger partial charge in [-0.3, -0.25) is 14.5 Å². The van der Waals surface area contributed by atoms with Gasteiger partial charge in [-0.15, -0.1) is 0 Å². The maximum absolute atomic E-state index is 14.8. The number of benzene rings is 3. The largest absolute Gasteiger partial charge is 0.444 e. The summed E-state index contributed by atoms with van der Waals surface area (Å²) in [6, 6.07) is 24.2. The Bertz CT molecular complexity index is 2600. The van der Waals surface area contributed by atoms with Crippen LogP contribution in [0.4, 0.5) is 16.3 Å². The number of carbonyl (C=O) groups excluding carboxylic acids is 3. The number of rotatable bonds is 8. The molecule has 0 saturated carbocycles. The number of anilines is 2. The molecule has 6 aromatic rings. The van der Waals surface area contributed by atoms with Gasteiger partial charge in [-0.05, 0) is 88.9 Å². The number of carbonyl (C=O) groups is 3. The first kappa shape index (κ1) is 42.1. The number of ether oxygens (including phenoxy) is 1. The second-order valence-electron chi connectivity index (χ2n) is 16.5. The Morgan fingerprint density at radius 3 is 2.38 bits per heavy atom. The van der Waals surface area contributed by atoms with Crippen LogP contribution in [0.1, 0.15) is 69.1 Å². The van der Waals surface area contributed by atoms with E-state index in [1.165, 1.54) is 4.90 Å². The lowest BCUT2D eigenvalue weighted by Crippen LogP contribution is -2.49. The molecule has 2 aliphatic rings. The van der Waals surface area contributed by atoms with Crippen molar-refractivity contribution in [1.29, 1.82) is 0 Å². The van der Waals surface area contributed by atoms with Gasteiger partial charge in [-0.1, -0.05) is 77.3 Å². The zero-order valence-corrected chi connectivity index (χ0v) is 36.7. The van der Waals surface area contributed by atoms with E-state index in [2.05, 4.69) is 15.2 Å². The van der Waals surface area contributed by atoms with Gasteiger partial charge in [0.05, 0.1) is 29.4 Å². The summed E-state index contributed by atoms with van der Waals surface area (Å²) in [4.78, 5) is 59.8. The third kappa shape index (κ3) is 8.94. The summed E-state index contributed by atoms with van der Waals surface area (Å²) in [6.45, 7) is 9.75. The van der Waals surface area contributed by atoms with E-state index >= 15 is 0 Å². The van der Waals surface area contributed by atoms with Crippen molar-refractivity contribution in [2.45, 2.75) is 64.6 Å². The highest BCUT2D eigenvalue weighted by Crippen LogP contribution is 2.42. The highest BCUT2D eigenvalue weighted by Gasteiger charge is 2.35. The topological polar surface area (TPSA) is 129 Å². The van der Waals surface area contributed by atoms with Crippen LogP contribution in [-0.2, 0) is 9.53 Å². The third-order valence-corrected chi connectivity index (χ3v) is 12.1. The molecule has 2 saturated heterocycles. The summed E-state index contributed by atoms with van der Waals surface area (Å²) >= 11 is 19.6. The van der Waals surface area contributed by atoms with E-state index in [-0.39, 0.29) is 30.4 Å². The van der Waals surface area contributed by atoms with Gasteiger partial charge >= 0.3 is 6.09 Å². The molecule has 0 bridgehead atoms. The molecule has 2 fully saturated rings. The zero-order valence-electron chi connectivity index (χ0n) is 34.4. The second-order valence-corrected chi connectivity index (χ2v) is 17.8. The van der Waals surface area contributed by atoms with Crippen molar-refractivity contribution in [3.05, 3.63) is 118 Å². The molecule has 0 spiro atoms. The number of hydrogen-bond donors (Lipinski definition) is 2. The van der Waals surface area contributed by atoms with Crippen molar-refractivity contribution in [2.24, 2.45) is 0 Å². The van der Waals surface area contributed by atoms with E-state index < -0.39 is 11.7 Å². The Morgan fingerprint density at radius 2 is 1.64 bits per heavy atom. The number of pyridine rings is 1. The molecular weight excluding hydrogens is 835 g/mol. The van der Waals surface area contributed by atoms with E-state index in [1.54, 1.807) is 24.7 Å². The number of aromatic nitrogens is 4. The smallest absolute Gasteiger partial charge is 0.410 e. The van der Waals surface area contributed by atoms with E-state index in [4.69, 9.17) is 49.5 Å². The molecule has 1 unspecified atom stereocenters. The van der Waals surface area contributed by atoms with Gasteiger partial charge in [0.1, 0.15) is 17.8 Å². The SMILES string of the molecule is CC(c1ccc(Cl)cc1Cl)n1cnc(-c2ccccc2)c1-c1c(C(=O)Nc2cccnc2N2CCC(N3CCCN(C(=O)OC(C)(C)C)CC3=O)CC2)[nH]c2cc(Cl)ccc12. The highest BCUT2D eigenvalue weighted by atomic mass is 35.5. The first-order valence-corrected chi connectivity index (χ1v) is 21.6. The van der Waals surface area contributed by atoms with Crippen molar-refractivity contribution < 1.29 is 19.1 Å². The lowest BCUT2D eigenvalue weighted by Gasteiger charge is -2.39. The van der Waals surface area contributed by atoms with E-state index in [9.17, 15) is 14.4 Å². The van der Waals surface area contributed by atoms with Crippen LogP contribution < -0.4 is 10.2 Å². The fourth-order valence-electron chi connectivity index (χ4n) is 8.36. The number of nitrogens with zero attached hydrogens (tertiary/aromatic N) is 6. The molecule has 15 heteroatoms. The minimum Gasteiger partial charge on any atom is -0.444 e. The van der Waals surface area contributed by atoms with Crippen LogP contribution in [0, 0.1) is 0 Å². The normalized spacial score (nSPS) is 15.9. The molecule has 5 heterocycles. The lowest BCUT2D eigenvalue weighted by atomic mass is 9.99. The Morgan fingerprint density at radius 1 is 0.902 bits per heavy atom. The van der Waals surface area contributed by atoms with Crippen molar-refractivity contribution in [2.75, 3.05) is 42.9 Å². The van der Waals surface area contributed by atoms with Crippen molar-refractivity contribution in [1.82, 2.24) is 29.3 Å². The van der Waals surface area contributed by atoms with Crippen LogP contribution in [0.25, 0.3) is 33.4 Å². The van der Waals surface area contributed by atoms with Crippen molar-refractivity contribution in [3.8, 4) is 22.5 Å². The van der Waals surface area contributed by atoms with Gasteiger partial charge in [0.25, 0.3) is 5.91 Å². The van der Waals surface area contributed by atoms with E-state index in [1.807, 2.05) is 104 Å². The Balaban J connectivity index is 1.09. The predicted octanol–water partition coefficient (Wildman–Crippen LogP) is 10.4. The Kier molecular flexibility index (Phi) is 12.0. The molecule has 61 heavy (non-hydrogen) atoms. The summed E-state index contributed by atoms with van der Waals surface area (Å²) < 4.78 is 7.59. The Hall–Kier alpha value is -5.56. The van der Waals surface area contributed by atoms with E-state index in [0.29, 0.717) is 100 Å². The summed E-state index contributed by atoms with van der Waals surface area (Å²) in [7, 11) is 0. The average Bonchev–Trinajstić information content (AvgIpc) is 3.77. The lowest BCUT2D eigenvalue weighted by molar-refractivity contribution is -0.133. The van der Waals surface area contributed by atoms with Crippen molar-refractivity contribution >= 4 is 75.1 Å². The van der Waals surface area contributed by atoms with Gasteiger partial charge < -0.3 is 29.4 Å². The summed E-state index contributed by atoms with van der Waals surface area (Å²) in [5, 5.41) is 5.54. The van der Waals surface area contributed by atoms with Crippen LogP contribution in [0.2, 0.25) is 15.1 Å². The maximum atomic E-state index is 14.8. The summed E-state index contributed by atoms with van der Waals surface area (Å²) in [6.07, 6.45) is 5.11. The van der Waals surface area contributed by atoms with Crippen LogP contribution in [0.3, 0.4) is 0 Å². The molecule has 3 amide bonds.